The minimum Gasteiger partial charge on any atom is -0.475 e. The topological polar surface area (TPSA) is 62.5 Å². The summed E-state index contributed by atoms with van der Waals surface area (Å²) in [7, 11) is 0. The van der Waals surface area contributed by atoms with Crippen LogP contribution in [-0.4, -0.2) is 44.5 Å². The van der Waals surface area contributed by atoms with Crippen LogP contribution in [0, 0.1) is 5.92 Å². The first-order valence-electron chi connectivity index (χ1n) is 13.7. The van der Waals surface area contributed by atoms with Gasteiger partial charge in [0.15, 0.2) is 0 Å². The van der Waals surface area contributed by atoms with Gasteiger partial charge in [-0.1, -0.05) is 70.1 Å². The van der Waals surface area contributed by atoms with Gasteiger partial charge in [0.1, 0.15) is 0 Å². The van der Waals surface area contributed by atoms with Gasteiger partial charge in [-0.2, -0.15) is 0 Å². The van der Waals surface area contributed by atoms with Gasteiger partial charge in [0, 0.05) is 41.3 Å². The molecule has 2 aliphatic heterocycles. The fraction of sp³-hybridized carbons (Fsp3) is 0.655. The monoisotopic (exact) mass is 464 g/mol. The number of nitrogens with zero attached hydrogens (tertiary/aromatic N) is 2. The van der Waals surface area contributed by atoms with Crippen LogP contribution < -0.4 is 0 Å². The third kappa shape index (κ3) is 4.56. The summed E-state index contributed by atoms with van der Waals surface area (Å²) >= 11 is 0. The van der Waals surface area contributed by atoms with Gasteiger partial charge in [0.2, 0.25) is 0 Å². The Labute approximate surface area is 203 Å². The van der Waals surface area contributed by atoms with E-state index in [4.69, 9.17) is 0 Å². The van der Waals surface area contributed by atoms with Crippen LogP contribution >= 0.6 is 0 Å². The van der Waals surface area contributed by atoms with Crippen LogP contribution in [0.2, 0.25) is 0 Å². The van der Waals surface area contributed by atoms with Crippen molar-refractivity contribution >= 4 is 22.7 Å². The maximum Gasteiger partial charge on any atom is 0.377 e. The number of para-hydroxylation sites is 1. The smallest absolute Gasteiger partial charge is 0.377 e. The predicted molar refractivity (Wildman–Crippen MR) is 135 cm³/mol. The molecule has 4 atom stereocenters. The zero-order valence-electron chi connectivity index (χ0n) is 20.6. The first-order chi connectivity index (χ1) is 16.5. The van der Waals surface area contributed by atoms with Crippen molar-refractivity contribution in [3.8, 4) is 0 Å². The van der Waals surface area contributed by atoms with Gasteiger partial charge in [-0.15, -0.1) is 0 Å². The Hall–Kier alpha value is -2.14. The molecule has 34 heavy (non-hydrogen) atoms. The molecule has 1 N–H and O–H groups in total. The normalized spacial score (nSPS) is 29.7. The van der Waals surface area contributed by atoms with Crippen LogP contribution in [0.5, 0.6) is 0 Å². The first-order valence-corrected chi connectivity index (χ1v) is 13.7. The summed E-state index contributed by atoms with van der Waals surface area (Å²) in [6.45, 7) is 2.43. The third-order valence-electron chi connectivity index (χ3n) is 9.04. The van der Waals surface area contributed by atoms with E-state index in [1.54, 1.807) is 0 Å². The van der Waals surface area contributed by atoms with Gasteiger partial charge >= 0.3 is 5.97 Å². The largest absolute Gasteiger partial charge is 0.475 e. The average molecular weight is 465 g/mol. The highest BCUT2D eigenvalue weighted by atomic mass is 16.4. The molecule has 2 saturated heterocycles. The summed E-state index contributed by atoms with van der Waals surface area (Å²) in [5.41, 5.74) is 1.33. The van der Waals surface area contributed by atoms with E-state index in [1.165, 1.54) is 70.6 Å². The Morgan fingerprint density at radius 3 is 2.21 bits per heavy atom. The number of carbonyl (C=O) groups is 2. The van der Waals surface area contributed by atoms with E-state index in [0.717, 1.165) is 23.7 Å². The Kier molecular flexibility index (Phi) is 7.10. The number of carboxylic acid groups (broad SMARTS) is 1. The van der Waals surface area contributed by atoms with Crippen molar-refractivity contribution in [3.05, 3.63) is 36.0 Å². The first kappa shape index (κ1) is 23.6. The molecule has 1 saturated carbocycles. The quantitative estimate of drug-likeness (QED) is 0.409. The van der Waals surface area contributed by atoms with Gasteiger partial charge in [-0.25, -0.2) is 4.79 Å². The molecular formula is C29H40N2O3. The Morgan fingerprint density at radius 2 is 1.50 bits per heavy atom. The molecule has 5 rings (SSSR count). The lowest BCUT2D eigenvalue weighted by molar-refractivity contribution is -0.131. The number of Topliss-reactive ketones (excluding diaryl/α,β-unsaturated/α-hetero) is 1. The number of fused-ring (bicyclic) bond motifs is 3. The minimum atomic E-state index is -1.38. The molecule has 0 spiro atoms. The highest BCUT2D eigenvalue weighted by molar-refractivity contribution is 6.42. The fourth-order valence-corrected chi connectivity index (χ4v) is 7.33. The SMILES string of the molecule is C[C@H]1CC[C@@H]2C[C@H](n3cc(C(=O)C(=O)O)c4ccccc43)C[C@H]1N2C1CCCCCCCCC1. The zero-order chi connectivity index (χ0) is 23.7. The number of carboxylic acids is 1. The molecule has 2 aromatic rings. The summed E-state index contributed by atoms with van der Waals surface area (Å²) < 4.78 is 2.24. The van der Waals surface area contributed by atoms with Crippen LogP contribution in [0.15, 0.2) is 30.5 Å². The van der Waals surface area contributed by atoms with Crippen molar-refractivity contribution in [2.75, 3.05) is 0 Å². The van der Waals surface area contributed by atoms with E-state index >= 15 is 0 Å². The number of ketones is 1. The average Bonchev–Trinajstić information content (AvgIpc) is 3.23. The highest BCUT2D eigenvalue weighted by Gasteiger charge is 2.45. The van der Waals surface area contributed by atoms with E-state index < -0.39 is 11.8 Å². The maximum atomic E-state index is 12.5. The highest BCUT2D eigenvalue weighted by Crippen LogP contribution is 2.45. The van der Waals surface area contributed by atoms with E-state index in [1.807, 2.05) is 30.5 Å². The maximum absolute atomic E-state index is 12.5. The molecule has 0 radical (unpaired) electrons. The Bertz CT molecular complexity index is 1020. The van der Waals surface area contributed by atoms with Crippen molar-refractivity contribution in [1.29, 1.82) is 0 Å². The molecule has 5 heteroatoms. The van der Waals surface area contributed by atoms with E-state index in [9.17, 15) is 14.7 Å². The fourth-order valence-electron chi connectivity index (χ4n) is 7.33. The minimum absolute atomic E-state index is 0.314. The van der Waals surface area contributed by atoms with Crippen molar-refractivity contribution in [2.45, 2.75) is 115 Å². The molecule has 5 nitrogen and oxygen atoms in total. The lowest BCUT2D eigenvalue weighted by Crippen LogP contribution is -2.59. The molecule has 0 amide bonds. The molecule has 184 valence electrons. The molecule has 3 aliphatic rings. The van der Waals surface area contributed by atoms with Crippen molar-refractivity contribution in [3.63, 3.8) is 0 Å². The van der Waals surface area contributed by atoms with Crippen molar-refractivity contribution in [2.24, 2.45) is 5.92 Å². The molecule has 3 heterocycles. The molecule has 1 aromatic heterocycles. The number of carbonyl (C=O) groups excluding carboxylic acids is 1. The Balaban J connectivity index is 1.43. The molecule has 1 aliphatic carbocycles. The second-order valence-corrected chi connectivity index (χ2v) is 11.2. The lowest BCUT2D eigenvalue weighted by atomic mass is 9.74. The van der Waals surface area contributed by atoms with Gasteiger partial charge in [0.25, 0.3) is 5.78 Å². The number of aromatic nitrogens is 1. The lowest BCUT2D eigenvalue weighted by Gasteiger charge is -2.55. The van der Waals surface area contributed by atoms with Crippen molar-refractivity contribution in [1.82, 2.24) is 9.47 Å². The number of piperidine rings is 2. The van der Waals surface area contributed by atoms with Crippen LogP contribution in [-0.2, 0) is 4.79 Å². The van der Waals surface area contributed by atoms with E-state index in [0.29, 0.717) is 35.6 Å². The summed E-state index contributed by atoms with van der Waals surface area (Å²) in [6, 6.07) is 10.0. The number of aliphatic carboxylic acids is 1. The van der Waals surface area contributed by atoms with Crippen LogP contribution in [0.4, 0.5) is 0 Å². The number of rotatable bonds is 4. The van der Waals surface area contributed by atoms with Crippen molar-refractivity contribution < 1.29 is 14.7 Å². The molecular weight excluding hydrogens is 424 g/mol. The van der Waals surface area contributed by atoms with Crippen LogP contribution in [0.1, 0.15) is 107 Å². The van der Waals surface area contributed by atoms with E-state index in [-0.39, 0.29) is 0 Å². The number of hydrogen-bond donors (Lipinski definition) is 1. The van der Waals surface area contributed by atoms with Gasteiger partial charge in [-0.3, -0.25) is 9.69 Å². The predicted octanol–water partition coefficient (Wildman–Crippen LogP) is 6.61. The number of hydrogen-bond acceptors (Lipinski definition) is 3. The van der Waals surface area contributed by atoms with Crippen LogP contribution in [0.25, 0.3) is 10.9 Å². The van der Waals surface area contributed by atoms with Gasteiger partial charge in [0.05, 0.1) is 5.56 Å². The molecule has 0 unspecified atom stereocenters. The summed E-state index contributed by atoms with van der Waals surface area (Å²) in [5, 5.41) is 10.1. The third-order valence-corrected chi connectivity index (χ3v) is 9.04. The molecule has 3 fully saturated rings. The van der Waals surface area contributed by atoms with E-state index in [2.05, 4.69) is 16.4 Å². The zero-order valence-corrected chi connectivity index (χ0v) is 20.6. The van der Waals surface area contributed by atoms with Crippen LogP contribution in [0.3, 0.4) is 0 Å². The second-order valence-electron chi connectivity index (χ2n) is 11.2. The number of benzene rings is 1. The Morgan fingerprint density at radius 1 is 0.824 bits per heavy atom. The standard InChI is InChI=1S/C29H40N2O3/c1-20-15-16-22-17-23(18-27(20)31(22)21-11-7-5-3-2-4-6-8-12-21)30-19-25(28(32)29(33)34)24-13-9-10-14-26(24)30/h9-10,13-14,19-23,27H,2-8,11-12,15-18H2,1H3,(H,33,34)/t20-,22+,23-,27+/m0/s1. The molecule has 1 aromatic carbocycles. The molecule has 2 bridgehead atoms. The van der Waals surface area contributed by atoms with Gasteiger partial charge in [-0.05, 0) is 50.5 Å². The summed E-state index contributed by atoms with van der Waals surface area (Å²) in [6.07, 6.45) is 19.0. The van der Waals surface area contributed by atoms with Gasteiger partial charge < -0.3 is 9.67 Å². The summed E-state index contributed by atoms with van der Waals surface area (Å²) in [5.74, 6) is -1.50. The second kappa shape index (κ2) is 10.2. The summed E-state index contributed by atoms with van der Waals surface area (Å²) in [4.78, 5) is 26.9.